The fourth-order valence-corrected chi connectivity index (χ4v) is 4.58. The molecule has 0 radical (unpaired) electrons. The minimum atomic E-state index is -3.46. The van der Waals surface area contributed by atoms with Gasteiger partial charge in [0.05, 0.1) is 16.5 Å². The maximum atomic E-state index is 12.7. The second-order valence-corrected chi connectivity index (χ2v) is 8.56. The molecule has 0 spiro atoms. The van der Waals surface area contributed by atoms with E-state index in [9.17, 15) is 8.42 Å². The number of hydrogen-bond donors (Lipinski definition) is 1. The van der Waals surface area contributed by atoms with Crippen molar-refractivity contribution in [1.29, 1.82) is 5.26 Å². The molecule has 5 nitrogen and oxygen atoms in total. The number of nitrogens with one attached hydrogen (secondary N) is 1. The Morgan fingerprint density at radius 1 is 1.25 bits per heavy atom. The number of halogens is 1. The highest BCUT2D eigenvalue weighted by Crippen LogP contribution is 2.28. The van der Waals surface area contributed by atoms with Crippen LogP contribution in [-0.4, -0.2) is 38.4 Å². The smallest absolute Gasteiger partial charge is 0.243 e. The third-order valence-corrected chi connectivity index (χ3v) is 6.70. The number of aryl methyl sites for hydroxylation is 1. The Morgan fingerprint density at radius 3 is 2.46 bits per heavy atom. The van der Waals surface area contributed by atoms with Crippen LogP contribution in [-0.2, 0) is 10.0 Å². The summed E-state index contributed by atoms with van der Waals surface area (Å²) in [6, 6.07) is 7.24. The summed E-state index contributed by atoms with van der Waals surface area (Å²) in [4.78, 5) is 0.290. The lowest BCUT2D eigenvalue weighted by Crippen LogP contribution is -2.45. The van der Waals surface area contributed by atoms with Crippen LogP contribution in [0.4, 0.5) is 0 Å². The fourth-order valence-electron chi connectivity index (χ4n) is 3.03. The number of benzene rings is 1. The van der Waals surface area contributed by atoms with Gasteiger partial charge in [-0.1, -0.05) is 0 Å². The Kier molecular flexibility index (Phi) is 6.27. The van der Waals surface area contributed by atoms with Crippen LogP contribution in [0.3, 0.4) is 0 Å². The molecular weight excluding hydrogens is 346 g/mol. The van der Waals surface area contributed by atoms with E-state index in [0.717, 1.165) is 25.3 Å². The second kappa shape index (κ2) is 7.83. The molecule has 24 heavy (non-hydrogen) atoms. The van der Waals surface area contributed by atoms with E-state index in [1.54, 1.807) is 23.4 Å². The van der Waals surface area contributed by atoms with Crippen LogP contribution in [0.25, 0.3) is 0 Å². The Bertz CT molecular complexity index is 718. The zero-order valence-corrected chi connectivity index (χ0v) is 15.5. The molecule has 1 saturated heterocycles. The molecule has 1 aromatic rings. The van der Waals surface area contributed by atoms with Crippen LogP contribution >= 0.6 is 12.4 Å². The molecule has 1 saturated carbocycles. The van der Waals surface area contributed by atoms with Gasteiger partial charge in [0.1, 0.15) is 0 Å². The first-order valence-electron chi connectivity index (χ1n) is 8.25. The van der Waals surface area contributed by atoms with Crippen molar-refractivity contribution in [3.63, 3.8) is 0 Å². The van der Waals surface area contributed by atoms with Crippen molar-refractivity contribution >= 4 is 22.4 Å². The number of sulfonamides is 1. The number of rotatable bonds is 5. The number of hydrogen-bond acceptors (Lipinski definition) is 4. The zero-order valence-electron chi connectivity index (χ0n) is 13.9. The van der Waals surface area contributed by atoms with Crippen molar-refractivity contribution < 1.29 is 8.42 Å². The van der Waals surface area contributed by atoms with E-state index < -0.39 is 10.0 Å². The van der Waals surface area contributed by atoms with E-state index in [0.29, 0.717) is 35.2 Å². The van der Waals surface area contributed by atoms with Crippen molar-refractivity contribution in [2.45, 2.75) is 43.5 Å². The molecule has 0 bridgehead atoms. The van der Waals surface area contributed by atoms with Gasteiger partial charge in [0.2, 0.25) is 10.0 Å². The molecule has 0 unspecified atom stereocenters. The number of piperidine rings is 1. The van der Waals surface area contributed by atoms with Crippen molar-refractivity contribution in [2.75, 3.05) is 19.6 Å². The van der Waals surface area contributed by atoms with Crippen LogP contribution < -0.4 is 5.32 Å². The summed E-state index contributed by atoms with van der Waals surface area (Å²) in [7, 11) is -3.46. The second-order valence-electron chi connectivity index (χ2n) is 6.62. The summed E-state index contributed by atoms with van der Waals surface area (Å²) in [6.45, 7) is 3.96. The maximum Gasteiger partial charge on any atom is 0.243 e. The van der Waals surface area contributed by atoms with Gasteiger partial charge in [-0.15, -0.1) is 12.4 Å². The summed E-state index contributed by atoms with van der Waals surface area (Å²) in [6.07, 6.45) is 4.39. The van der Waals surface area contributed by atoms with Gasteiger partial charge in [-0.25, -0.2) is 8.42 Å². The molecule has 1 aromatic carbocycles. The largest absolute Gasteiger partial charge is 0.314 e. The predicted molar refractivity (Wildman–Crippen MR) is 95.6 cm³/mol. The Hall–Kier alpha value is -1.13. The summed E-state index contributed by atoms with van der Waals surface area (Å²) in [5.74, 6) is 0.846. The third kappa shape index (κ3) is 4.28. The number of nitrogens with zero attached hydrogens (tertiary/aromatic N) is 2. The molecule has 2 aliphatic rings. The van der Waals surface area contributed by atoms with Crippen LogP contribution in [0.1, 0.15) is 36.8 Å². The quantitative estimate of drug-likeness (QED) is 0.865. The third-order valence-electron chi connectivity index (χ3n) is 4.80. The minimum Gasteiger partial charge on any atom is -0.314 e. The van der Waals surface area contributed by atoms with E-state index in [4.69, 9.17) is 5.26 Å². The van der Waals surface area contributed by atoms with Gasteiger partial charge < -0.3 is 5.32 Å². The number of nitriles is 1. The molecule has 1 aliphatic carbocycles. The molecule has 0 aromatic heterocycles. The Labute approximate surface area is 150 Å². The van der Waals surface area contributed by atoms with Gasteiger partial charge in [0, 0.05) is 19.1 Å². The van der Waals surface area contributed by atoms with Crippen molar-refractivity contribution in [1.82, 2.24) is 9.62 Å². The highest BCUT2D eigenvalue weighted by Gasteiger charge is 2.30. The van der Waals surface area contributed by atoms with Gasteiger partial charge >= 0.3 is 0 Å². The lowest BCUT2D eigenvalue weighted by Gasteiger charge is -2.31. The Morgan fingerprint density at radius 2 is 1.92 bits per heavy atom. The van der Waals surface area contributed by atoms with Gasteiger partial charge in [-0.3, -0.25) is 0 Å². The van der Waals surface area contributed by atoms with Crippen molar-refractivity contribution in [3.05, 3.63) is 29.3 Å². The van der Waals surface area contributed by atoms with Crippen molar-refractivity contribution in [3.8, 4) is 6.07 Å². The van der Waals surface area contributed by atoms with E-state index in [-0.39, 0.29) is 12.4 Å². The lowest BCUT2D eigenvalue weighted by atomic mass is 10.1. The van der Waals surface area contributed by atoms with Crippen molar-refractivity contribution in [2.24, 2.45) is 5.92 Å². The van der Waals surface area contributed by atoms with Gasteiger partial charge in [0.25, 0.3) is 0 Å². The van der Waals surface area contributed by atoms with Crippen LogP contribution in [0.15, 0.2) is 23.1 Å². The van der Waals surface area contributed by atoms with Crippen LogP contribution in [0, 0.1) is 24.2 Å². The highest BCUT2D eigenvalue weighted by atomic mass is 35.5. The van der Waals surface area contributed by atoms with E-state index in [2.05, 4.69) is 11.4 Å². The summed E-state index contributed by atoms with van der Waals surface area (Å²) in [5, 5.41) is 12.5. The summed E-state index contributed by atoms with van der Waals surface area (Å²) in [5.41, 5.74) is 1.22. The molecule has 7 heteroatoms. The molecule has 1 aliphatic heterocycles. The maximum absolute atomic E-state index is 12.7. The average Bonchev–Trinajstić information content (AvgIpc) is 3.37. The minimum absolute atomic E-state index is 0. The molecule has 1 heterocycles. The van der Waals surface area contributed by atoms with Gasteiger partial charge in [-0.05, 0) is 68.8 Å². The van der Waals surface area contributed by atoms with E-state index in [1.807, 2.05) is 0 Å². The molecule has 1 N–H and O–H groups in total. The lowest BCUT2D eigenvalue weighted by molar-refractivity contribution is 0.288. The molecule has 2 fully saturated rings. The molecule has 0 amide bonds. The monoisotopic (exact) mass is 369 g/mol. The Balaban J connectivity index is 0.00000208. The van der Waals surface area contributed by atoms with Crippen LogP contribution in [0.5, 0.6) is 0 Å². The zero-order chi connectivity index (χ0) is 16.4. The van der Waals surface area contributed by atoms with E-state index in [1.165, 1.54) is 18.9 Å². The first-order chi connectivity index (χ1) is 11.0. The standard InChI is InChI=1S/C17H23N3O2S.ClH/c1-13-10-17(5-4-15(13)11-18)23(21,22)20-8-6-16(7-9-20)19-12-14-2-3-14;/h4-5,10,14,16,19H,2-3,6-9,12H2,1H3;1H. The van der Waals surface area contributed by atoms with E-state index >= 15 is 0 Å². The summed E-state index contributed by atoms with van der Waals surface area (Å²) >= 11 is 0. The van der Waals surface area contributed by atoms with Gasteiger partial charge in [0.15, 0.2) is 0 Å². The molecule has 0 atom stereocenters. The summed E-state index contributed by atoms with van der Waals surface area (Å²) < 4.78 is 27.1. The van der Waals surface area contributed by atoms with Gasteiger partial charge in [-0.2, -0.15) is 9.57 Å². The molecule has 132 valence electrons. The van der Waals surface area contributed by atoms with Crippen LogP contribution in [0.2, 0.25) is 0 Å². The molecule has 3 rings (SSSR count). The first kappa shape index (κ1) is 19.2. The SMILES string of the molecule is Cc1cc(S(=O)(=O)N2CCC(NCC3CC3)CC2)ccc1C#N.Cl. The average molecular weight is 370 g/mol. The first-order valence-corrected chi connectivity index (χ1v) is 9.69. The normalized spacial score (nSPS) is 19.5. The fraction of sp³-hybridized carbons (Fsp3) is 0.588. The molecular formula is C17H24ClN3O2S. The topological polar surface area (TPSA) is 73.2 Å². The predicted octanol–water partition coefficient (Wildman–Crippen LogP) is 2.44. The highest BCUT2D eigenvalue weighted by molar-refractivity contribution is 7.89.